The molecule has 2 saturated heterocycles. The van der Waals surface area contributed by atoms with E-state index in [9.17, 15) is 4.79 Å². The normalized spacial score (nSPS) is 18.3. The van der Waals surface area contributed by atoms with Gasteiger partial charge in [0.2, 0.25) is 17.6 Å². The van der Waals surface area contributed by atoms with Gasteiger partial charge in [0.05, 0.1) is 44.9 Å². The highest BCUT2D eigenvalue weighted by Gasteiger charge is 2.43. The van der Waals surface area contributed by atoms with Crippen molar-refractivity contribution in [2.45, 2.75) is 51.4 Å². The standard InChI is InChI=1S/C37H45N7O5/c1-6-48-37-40-34(47-5)29(35(41-37)49-25(2)3)23-42-21-28-22-43(36(45)30-19-38-20-32(39-30)46-4)17-18-44(28)31(24-42)33(26-13-9-7-10-14-26)27-15-11-8-12-16-27/h7-16,19-20,25,28,31,33H,6,17-18,21-24H2,1-5H3. The van der Waals surface area contributed by atoms with Gasteiger partial charge in [-0.1, -0.05) is 60.7 Å². The van der Waals surface area contributed by atoms with Crippen LogP contribution in [0.3, 0.4) is 0 Å². The first-order valence-electron chi connectivity index (χ1n) is 16.9. The lowest BCUT2D eigenvalue weighted by atomic mass is 9.81. The van der Waals surface area contributed by atoms with E-state index in [1.807, 2.05) is 25.7 Å². The molecule has 0 N–H and O–H groups in total. The van der Waals surface area contributed by atoms with Gasteiger partial charge in [0.15, 0.2) is 5.69 Å². The number of methoxy groups -OCH3 is 2. The number of fused-ring (bicyclic) bond motifs is 1. The van der Waals surface area contributed by atoms with E-state index >= 15 is 0 Å². The van der Waals surface area contributed by atoms with E-state index in [2.05, 4.69) is 90.4 Å². The summed E-state index contributed by atoms with van der Waals surface area (Å²) in [6.45, 7) is 10.0. The largest absolute Gasteiger partial charge is 0.481 e. The number of amides is 1. The van der Waals surface area contributed by atoms with Gasteiger partial charge in [0, 0.05) is 57.3 Å². The highest BCUT2D eigenvalue weighted by atomic mass is 16.5. The molecule has 4 aromatic rings. The Morgan fingerprint density at radius 3 is 2.18 bits per heavy atom. The van der Waals surface area contributed by atoms with Gasteiger partial charge in [0.1, 0.15) is 0 Å². The summed E-state index contributed by atoms with van der Waals surface area (Å²) in [5.41, 5.74) is 3.53. The van der Waals surface area contributed by atoms with Crippen LogP contribution in [0.25, 0.3) is 0 Å². The Hall–Kier alpha value is -4.81. The number of carbonyl (C=O) groups excluding carboxylic acids is 1. The monoisotopic (exact) mass is 667 g/mol. The fourth-order valence-electron chi connectivity index (χ4n) is 6.96. The molecule has 0 spiro atoms. The van der Waals surface area contributed by atoms with Crippen LogP contribution >= 0.6 is 0 Å². The predicted molar refractivity (Wildman–Crippen MR) is 184 cm³/mol. The van der Waals surface area contributed by atoms with Crippen molar-refractivity contribution in [3.63, 3.8) is 0 Å². The van der Waals surface area contributed by atoms with Gasteiger partial charge in [-0.05, 0) is 31.9 Å². The molecule has 6 rings (SSSR count). The molecule has 2 atom stereocenters. The first-order chi connectivity index (χ1) is 23.9. The maximum Gasteiger partial charge on any atom is 0.323 e. The van der Waals surface area contributed by atoms with Crippen LogP contribution in [0.15, 0.2) is 73.1 Å². The lowest BCUT2D eigenvalue weighted by Gasteiger charge is -2.53. The third-order valence-electron chi connectivity index (χ3n) is 9.01. The number of hydrogen-bond donors (Lipinski definition) is 0. The molecule has 0 radical (unpaired) electrons. The number of carbonyl (C=O) groups is 1. The Morgan fingerprint density at radius 1 is 0.857 bits per heavy atom. The Labute approximate surface area is 288 Å². The molecular weight excluding hydrogens is 622 g/mol. The minimum absolute atomic E-state index is 0.0361. The number of aromatic nitrogens is 4. The zero-order valence-electron chi connectivity index (χ0n) is 28.9. The van der Waals surface area contributed by atoms with Crippen LogP contribution in [-0.2, 0) is 6.54 Å². The van der Waals surface area contributed by atoms with Gasteiger partial charge in [-0.15, -0.1) is 0 Å². The van der Waals surface area contributed by atoms with Crippen molar-refractivity contribution >= 4 is 5.91 Å². The summed E-state index contributed by atoms with van der Waals surface area (Å²) < 4.78 is 22.9. The Balaban J connectivity index is 1.38. The third-order valence-corrected chi connectivity index (χ3v) is 9.01. The molecule has 2 aromatic carbocycles. The molecule has 258 valence electrons. The molecule has 49 heavy (non-hydrogen) atoms. The van der Waals surface area contributed by atoms with E-state index in [0.29, 0.717) is 50.4 Å². The van der Waals surface area contributed by atoms with Gasteiger partial charge in [0.25, 0.3) is 5.91 Å². The zero-order chi connectivity index (χ0) is 34.3. The lowest BCUT2D eigenvalue weighted by Crippen LogP contribution is -2.67. The van der Waals surface area contributed by atoms with Crippen LogP contribution in [0.5, 0.6) is 23.7 Å². The van der Waals surface area contributed by atoms with E-state index in [4.69, 9.17) is 18.9 Å². The molecular formula is C37H45N7O5. The van der Waals surface area contributed by atoms with Gasteiger partial charge in [-0.3, -0.25) is 19.6 Å². The Kier molecular flexibility index (Phi) is 10.8. The fourth-order valence-corrected chi connectivity index (χ4v) is 6.96. The van der Waals surface area contributed by atoms with Gasteiger partial charge in [-0.25, -0.2) is 4.98 Å². The molecule has 0 saturated carbocycles. The minimum Gasteiger partial charge on any atom is -0.481 e. The maximum atomic E-state index is 13.8. The highest BCUT2D eigenvalue weighted by Crippen LogP contribution is 2.38. The van der Waals surface area contributed by atoms with Gasteiger partial charge >= 0.3 is 6.01 Å². The maximum absolute atomic E-state index is 13.8. The van der Waals surface area contributed by atoms with Crippen molar-refractivity contribution in [2.75, 3.05) is 53.6 Å². The van der Waals surface area contributed by atoms with Gasteiger partial charge < -0.3 is 23.8 Å². The lowest BCUT2D eigenvalue weighted by molar-refractivity contribution is -0.0294. The first-order valence-corrected chi connectivity index (χ1v) is 16.9. The number of benzene rings is 2. The van der Waals surface area contributed by atoms with E-state index in [0.717, 1.165) is 18.7 Å². The highest BCUT2D eigenvalue weighted by molar-refractivity contribution is 5.92. The quantitative estimate of drug-likeness (QED) is 0.215. The number of nitrogens with zero attached hydrogens (tertiary/aromatic N) is 7. The summed E-state index contributed by atoms with van der Waals surface area (Å²) in [7, 11) is 3.13. The van der Waals surface area contributed by atoms with Crippen molar-refractivity contribution in [3.05, 3.63) is 95.4 Å². The predicted octanol–water partition coefficient (Wildman–Crippen LogP) is 4.31. The van der Waals surface area contributed by atoms with Crippen molar-refractivity contribution in [3.8, 4) is 23.7 Å². The second-order valence-corrected chi connectivity index (χ2v) is 12.5. The molecule has 2 unspecified atom stereocenters. The molecule has 12 heteroatoms. The van der Waals surface area contributed by atoms with E-state index in [1.165, 1.54) is 30.6 Å². The summed E-state index contributed by atoms with van der Waals surface area (Å²) in [6, 6.07) is 21.7. The fraction of sp³-hybridized carbons (Fsp3) is 0.432. The van der Waals surface area contributed by atoms with Gasteiger partial charge in [-0.2, -0.15) is 9.97 Å². The van der Waals surface area contributed by atoms with E-state index < -0.39 is 0 Å². The topological polar surface area (TPSA) is 115 Å². The summed E-state index contributed by atoms with van der Waals surface area (Å²) in [5, 5.41) is 0. The summed E-state index contributed by atoms with van der Waals surface area (Å²) >= 11 is 0. The molecule has 12 nitrogen and oxygen atoms in total. The SMILES string of the molecule is CCOc1nc(OC)c(CN2CC3CN(C(=O)c4cncc(OC)n4)CCN3C(C(c3ccccc3)c3ccccc3)C2)c(OC(C)C)n1. The molecule has 1 amide bonds. The van der Waals surface area contributed by atoms with Crippen LogP contribution in [0.4, 0.5) is 0 Å². The van der Waals surface area contributed by atoms with Crippen molar-refractivity contribution in [1.29, 1.82) is 0 Å². The first kappa shape index (κ1) is 34.1. The molecule has 0 bridgehead atoms. The second kappa shape index (κ2) is 15.6. The van der Waals surface area contributed by atoms with Crippen LogP contribution in [-0.4, -0.2) is 112 Å². The summed E-state index contributed by atoms with van der Waals surface area (Å²) in [6.07, 6.45) is 2.89. The van der Waals surface area contributed by atoms with Crippen LogP contribution in [0.2, 0.25) is 0 Å². The number of piperazine rings is 2. The van der Waals surface area contributed by atoms with Crippen LogP contribution in [0.1, 0.15) is 53.9 Å². The average Bonchev–Trinajstić information content (AvgIpc) is 3.13. The zero-order valence-corrected chi connectivity index (χ0v) is 28.9. The minimum atomic E-state index is -0.156. The van der Waals surface area contributed by atoms with Crippen LogP contribution < -0.4 is 18.9 Å². The molecule has 0 aliphatic carbocycles. The van der Waals surface area contributed by atoms with Crippen molar-refractivity contribution in [1.82, 2.24) is 34.6 Å². The van der Waals surface area contributed by atoms with Crippen molar-refractivity contribution < 1.29 is 23.7 Å². The smallest absolute Gasteiger partial charge is 0.323 e. The molecule has 4 heterocycles. The number of hydrogen-bond acceptors (Lipinski definition) is 11. The van der Waals surface area contributed by atoms with E-state index in [1.54, 1.807) is 7.11 Å². The molecule has 2 aromatic heterocycles. The Bertz CT molecular complexity index is 1650. The number of rotatable bonds is 12. The second-order valence-electron chi connectivity index (χ2n) is 12.5. The molecule has 2 aliphatic heterocycles. The third kappa shape index (κ3) is 7.76. The Morgan fingerprint density at radius 2 is 1.55 bits per heavy atom. The van der Waals surface area contributed by atoms with Crippen molar-refractivity contribution in [2.24, 2.45) is 0 Å². The molecule has 2 aliphatic rings. The van der Waals surface area contributed by atoms with Crippen LogP contribution in [0, 0.1) is 0 Å². The summed E-state index contributed by atoms with van der Waals surface area (Å²) in [5.74, 6) is 1.12. The summed E-state index contributed by atoms with van der Waals surface area (Å²) in [4.78, 5) is 38.4. The molecule has 2 fully saturated rings. The average molecular weight is 668 g/mol. The van der Waals surface area contributed by atoms with E-state index in [-0.39, 0.29) is 41.7 Å². The number of ether oxygens (including phenoxy) is 4.